The monoisotopic (exact) mass is 232 g/mol. The predicted octanol–water partition coefficient (Wildman–Crippen LogP) is 2.18. The summed E-state index contributed by atoms with van der Waals surface area (Å²) in [5, 5.41) is 3.39. The van der Waals surface area contributed by atoms with Crippen molar-refractivity contribution in [1.29, 1.82) is 0 Å². The number of nitrogens with one attached hydrogen (secondary N) is 1. The van der Waals surface area contributed by atoms with Gasteiger partial charge in [0.25, 0.3) is 0 Å². The molecule has 0 spiro atoms. The second kappa shape index (κ2) is 4.49. The number of nitrogens with zero attached hydrogens (tertiary/aromatic N) is 1. The molecule has 1 aliphatic heterocycles. The van der Waals surface area contributed by atoms with Crippen LogP contribution >= 0.6 is 0 Å². The summed E-state index contributed by atoms with van der Waals surface area (Å²) in [7, 11) is 3.86. The highest BCUT2D eigenvalue weighted by atomic mass is 16.1. The zero-order chi connectivity index (χ0) is 12.6. The molecule has 0 amide bonds. The number of carbonyl (C=O) groups is 1. The lowest BCUT2D eigenvalue weighted by molar-refractivity contribution is 0.0890. The van der Waals surface area contributed by atoms with Crippen molar-refractivity contribution < 1.29 is 4.79 Å². The van der Waals surface area contributed by atoms with Crippen LogP contribution in [0.2, 0.25) is 0 Å². The first-order chi connectivity index (χ1) is 7.99. The Bertz CT molecular complexity index is 440. The van der Waals surface area contributed by atoms with E-state index in [0.717, 1.165) is 12.0 Å². The molecule has 1 aromatic rings. The largest absolute Gasteiger partial charge is 0.382 e. The van der Waals surface area contributed by atoms with Gasteiger partial charge in [0.1, 0.15) is 0 Å². The molecule has 1 N–H and O–H groups in total. The third kappa shape index (κ3) is 2.34. The molecule has 2 atom stereocenters. The summed E-state index contributed by atoms with van der Waals surface area (Å²) in [6.45, 7) is 4.10. The molecule has 3 heteroatoms. The normalized spacial score (nSPS) is 19.9. The minimum absolute atomic E-state index is 0.0696. The number of hydrogen-bond donors (Lipinski definition) is 1. The van der Waals surface area contributed by atoms with Gasteiger partial charge in [-0.2, -0.15) is 0 Å². The Morgan fingerprint density at radius 3 is 2.82 bits per heavy atom. The number of likely N-dealkylation sites (N-methyl/N-ethyl adjacent to an activating group) is 1. The summed E-state index contributed by atoms with van der Waals surface area (Å²) >= 11 is 0. The van der Waals surface area contributed by atoms with Crippen LogP contribution in [0.15, 0.2) is 18.2 Å². The highest BCUT2D eigenvalue weighted by Gasteiger charge is 2.21. The van der Waals surface area contributed by atoms with E-state index in [1.807, 2.05) is 44.1 Å². The molecule has 0 saturated heterocycles. The molecule has 0 aliphatic carbocycles. The third-order valence-electron chi connectivity index (χ3n) is 3.47. The van der Waals surface area contributed by atoms with E-state index in [2.05, 4.69) is 12.2 Å². The van der Waals surface area contributed by atoms with Gasteiger partial charge in [-0.1, -0.05) is 0 Å². The first-order valence-corrected chi connectivity index (χ1v) is 6.09. The van der Waals surface area contributed by atoms with Crippen molar-refractivity contribution in [2.45, 2.75) is 32.4 Å². The second-order valence-electron chi connectivity index (χ2n) is 5.13. The van der Waals surface area contributed by atoms with Crippen LogP contribution in [-0.4, -0.2) is 36.9 Å². The van der Waals surface area contributed by atoms with E-state index >= 15 is 0 Å². The molecule has 17 heavy (non-hydrogen) atoms. The van der Waals surface area contributed by atoms with Crippen LogP contribution in [0.3, 0.4) is 0 Å². The van der Waals surface area contributed by atoms with Gasteiger partial charge >= 0.3 is 0 Å². The lowest BCUT2D eigenvalue weighted by atomic mass is 10.0. The first-order valence-electron chi connectivity index (χ1n) is 6.09. The van der Waals surface area contributed by atoms with Crippen LogP contribution in [0, 0.1) is 0 Å². The fourth-order valence-electron chi connectivity index (χ4n) is 2.18. The SMILES string of the molecule is CC1Cc2cc(C(=O)C(C)N(C)C)ccc2N1. The maximum atomic E-state index is 12.2. The van der Waals surface area contributed by atoms with E-state index in [-0.39, 0.29) is 11.8 Å². The van der Waals surface area contributed by atoms with Crippen molar-refractivity contribution >= 4 is 11.5 Å². The lowest BCUT2D eigenvalue weighted by Gasteiger charge is -2.18. The quantitative estimate of drug-likeness (QED) is 0.811. The fourth-order valence-corrected chi connectivity index (χ4v) is 2.18. The average molecular weight is 232 g/mol. The van der Waals surface area contributed by atoms with Crippen molar-refractivity contribution in [3.05, 3.63) is 29.3 Å². The van der Waals surface area contributed by atoms with Crippen LogP contribution in [0.1, 0.15) is 29.8 Å². The van der Waals surface area contributed by atoms with Gasteiger partial charge < -0.3 is 5.32 Å². The molecule has 92 valence electrons. The van der Waals surface area contributed by atoms with Gasteiger partial charge in [0.15, 0.2) is 5.78 Å². The molecule has 0 bridgehead atoms. The van der Waals surface area contributed by atoms with Gasteiger partial charge in [-0.3, -0.25) is 9.69 Å². The molecule has 2 unspecified atom stereocenters. The highest BCUT2D eigenvalue weighted by molar-refractivity contribution is 6.00. The molecule has 1 aliphatic rings. The molecule has 0 radical (unpaired) electrons. The maximum Gasteiger partial charge on any atom is 0.179 e. The van der Waals surface area contributed by atoms with E-state index in [9.17, 15) is 4.79 Å². The number of hydrogen-bond acceptors (Lipinski definition) is 3. The molecule has 2 rings (SSSR count). The van der Waals surface area contributed by atoms with E-state index in [1.165, 1.54) is 11.3 Å². The number of ketones is 1. The molecule has 1 heterocycles. The Labute approximate surface area is 103 Å². The highest BCUT2D eigenvalue weighted by Crippen LogP contribution is 2.27. The average Bonchev–Trinajstić information content (AvgIpc) is 2.65. The van der Waals surface area contributed by atoms with Crippen LogP contribution in [0.5, 0.6) is 0 Å². The van der Waals surface area contributed by atoms with E-state index < -0.39 is 0 Å². The molecule has 0 saturated carbocycles. The van der Waals surface area contributed by atoms with Gasteiger partial charge in [0, 0.05) is 17.3 Å². The van der Waals surface area contributed by atoms with Crippen molar-refractivity contribution in [3.63, 3.8) is 0 Å². The summed E-state index contributed by atoms with van der Waals surface area (Å²) < 4.78 is 0. The Hall–Kier alpha value is -1.35. The van der Waals surface area contributed by atoms with Crippen LogP contribution < -0.4 is 5.32 Å². The first kappa shape index (κ1) is 12.1. The summed E-state index contributed by atoms with van der Waals surface area (Å²) in [6, 6.07) is 6.39. The van der Waals surface area contributed by atoms with Crippen LogP contribution in [0.4, 0.5) is 5.69 Å². The predicted molar refractivity (Wildman–Crippen MR) is 70.7 cm³/mol. The van der Waals surface area contributed by atoms with Crippen molar-refractivity contribution in [2.24, 2.45) is 0 Å². The second-order valence-corrected chi connectivity index (χ2v) is 5.13. The fraction of sp³-hybridized carbons (Fsp3) is 0.500. The smallest absolute Gasteiger partial charge is 0.179 e. The molecule has 0 fully saturated rings. The molecular weight excluding hydrogens is 212 g/mol. The molecule has 1 aromatic carbocycles. The van der Waals surface area contributed by atoms with Crippen LogP contribution in [0.25, 0.3) is 0 Å². The Morgan fingerprint density at radius 1 is 1.47 bits per heavy atom. The van der Waals surface area contributed by atoms with Gasteiger partial charge in [0.05, 0.1) is 6.04 Å². The molecular formula is C14H20N2O. The minimum Gasteiger partial charge on any atom is -0.382 e. The number of carbonyl (C=O) groups excluding carboxylic acids is 1. The molecule has 0 aromatic heterocycles. The standard InChI is InChI=1S/C14H20N2O/c1-9-7-12-8-11(5-6-13(12)15-9)14(17)10(2)16(3)4/h5-6,8-10,15H,7H2,1-4H3. The zero-order valence-electron chi connectivity index (χ0n) is 10.9. The van der Waals surface area contributed by atoms with Gasteiger partial charge in [-0.15, -0.1) is 0 Å². The number of Topliss-reactive ketones (excluding diaryl/α,β-unsaturated/α-hetero) is 1. The van der Waals surface area contributed by atoms with Gasteiger partial charge in [-0.25, -0.2) is 0 Å². The summed E-state index contributed by atoms with van der Waals surface area (Å²) in [5.41, 5.74) is 3.25. The Morgan fingerprint density at radius 2 is 2.18 bits per heavy atom. The zero-order valence-corrected chi connectivity index (χ0v) is 10.9. The van der Waals surface area contributed by atoms with Crippen molar-refractivity contribution in [3.8, 4) is 0 Å². The Kier molecular flexibility index (Phi) is 3.20. The van der Waals surface area contributed by atoms with Crippen molar-refractivity contribution in [2.75, 3.05) is 19.4 Å². The summed E-state index contributed by atoms with van der Waals surface area (Å²) in [4.78, 5) is 14.1. The van der Waals surface area contributed by atoms with E-state index in [0.29, 0.717) is 6.04 Å². The van der Waals surface area contributed by atoms with Gasteiger partial charge in [-0.05, 0) is 58.1 Å². The number of anilines is 1. The van der Waals surface area contributed by atoms with E-state index in [4.69, 9.17) is 0 Å². The minimum atomic E-state index is -0.0696. The topological polar surface area (TPSA) is 32.3 Å². The molecule has 3 nitrogen and oxygen atoms in total. The van der Waals surface area contributed by atoms with Gasteiger partial charge in [0.2, 0.25) is 0 Å². The van der Waals surface area contributed by atoms with Crippen molar-refractivity contribution in [1.82, 2.24) is 4.90 Å². The summed E-state index contributed by atoms with van der Waals surface area (Å²) in [5.74, 6) is 0.192. The Balaban J connectivity index is 2.24. The third-order valence-corrected chi connectivity index (χ3v) is 3.47. The number of fused-ring (bicyclic) bond motifs is 1. The number of rotatable bonds is 3. The maximum absolute atomic E-state index is 12.2. The van der Waals surface area contributed by atoms with E-state index in [1.54, 1.807) is 0 Å². The summed E-state index contributed by atoms with van der Waals surface area (Å²) in [6.07, 6.45) is 1.01. The lowest BCUT2D eigenvalue weighted by Crippen LogP contribution is -2.32. The number of benzene rings is 1. The van der Waals surface area contributed by atoms with Crippen LogP contribution in [-0.2, 0) is 6.42 Å².